The molecule has 0 unspecified atom stereocenters. The van der Waals surface area contributed by atoms with Gasteiger partial charge >= 0.3 is 0 Å². The van der Waals surface area contributed by atoms with Crippen molar-refractivity contribution in [2.75, 3.05) is 0 Å². The smallest absolute Gasteiger partial charge is 0.230 e. The lowest BCUT2D eigenvalue weighted by atomic mass is 9.98. The normalized spacial score (nSPS) is 11.7. The predicted molar refractivity (Wildman–Crippen MR) is 50.3 cm³/mol. The first-order valence-electron chi connectivity index (χ1n) is 3.87. The molecule has 0 radical (unpaired) electrons. The van der Waals surface area contributed by atoms with Crippen molar-refractivity contribution in [3.63, 3.8) is 0 Å². The van der Waals surface area contributed by atoms with Crippen LogP contribution in [0.5, 0.6) is 0 Å². The van der Waals surface area contributed by atoms with Crippen molar-refractivity contribution in [2.24, 2.45) is 0 Å². The van der Waals surface area contributed by atoms with Gasteiger partial charge in [-0.25, -0.2) is 0 Å². The molecule has 0 bridgehead atoms. The van der Waals surface area contributed by atoms with Crippen LogP contribution in [0.2, 0.25) is 0 Å². The highest BCUT2D eigenvalue weighted by molar-refractivity contribution is 6.64. The van der Waals surface area contributed by atoms with Crippen LogP contribution in [0.3, 0.4) is 0 Å². The number of rotatable bonds is 3. The van der Waals surface area contributed by atoms with Gasteiger partial charge in [-0.3, -0.25) is 4.79 Å². The summed E-state index contributed by atoms with van der Waals surface area (Å²) in [6.45, 7) is 0. The zero-order valence-electron chi connectivity index (χ0n) is 6.90. The molecule has 0 aromatic heterocycles. The molecule has 2 nitrogen and oxygen atoms in total. The fourth-order valence-electron chi connectivity index (χ4n) is 1.11. The first-order chi connectivity index (χ1) is 6.25. The van der Waals surface area contributed by atoms with Crippen LogP contribution in [0.4, 0.5) is 0 Å². The molecule has 0 saturated carbocycles. The molecule has 0 heterocycles. The summed E-state index contributed by atoms with van der Waals surface area (Å²) in [5.41, 5.74) is 0.795. The standard InChI is InChI=1S/C10H8ClNO/c11-10(13)9(6-7-12)8-4-2-1-3-5-8/h1-5,9H,6H2/t9-/m1/s1. The van der Waals surface area contributed by atoms with Gasteiger partial charge in [0.1, 0.15) is 0 Å². The Morgan fingerprint density at radius 3 is 2.54 bits per heavy atom. The largest absolute Gasteiger partial charge is 0.281 e. The van der Waals surface area contributed by atoms with E-state index in [0.29, 0.717) is 0 Å². The number of halogens is 1. The minimum absolute atomic E-state index is 0.131. The van der Waals surface area contributed by atoms with Crippen LogP contribution in [0.25, 0.3) is 0 Å². The highest BCUT2D eigenvalue weighted by atomic mass is 35.5. The van der Waals surface area contributed by atoms with Crippen LogP contribution >= 0.6 is 11.6 Å². The van der Waals surface area contributed by atoms with Crippen molar-refractivity contribution in [2.45, 2.75) is 12.3 Å². The van der Waals surface area contributed by atoms with E-state index in [1.54, 1.807) is 12.1 Å². The second kappa shape index (κ2) is 4.64. The molecule has 0 fully saturated rings. The van der Waals surface area contributed by atoms with Crippen molar-refractivity contribution < 1.29 is 4.79 Å². The van der Waals surface area contributed by atoms with E-state index in [1.807, 2.05) is 24.3 Å². The summed E-state index contributed by atoms with van der Waals surface area (Å²) in [7, 11) is 0. The minimum Gasteiger partial charge on any atom is -0.281 e. The van der Waals surface area contributed by atoms with E-state index in [9.17, 15) is 4.79 Å². The van der Waals surface area contributed by atoms with E-state index in [2.05, 4.69) is 0 Å². The van der Waals surface area contributed by atoms with E-state index in [0.717, 1.165) is 5.56 Å². The molecule has 0 aliphatic heterocycles. The topological polar surface area (TPSA) is 40.9 Å². The molecule has 13 heavy (non-hydrogen) atoms. The number of hydrogen-bond acceptors (Lipinski definition) is 2. The summed E-state index contributed by atoms with van der Waals surface area (Å²) in [4.78, 5) is 10.9. The lowest BCUT2D eigenvalue weighted by Crippen LogP contribution is -2.05. The van der Waals surface area contributed by atoms with Crippen molar-refractivity contribution >= 4 is 16.8 Å². The molecule has 0 aliphatic carbocycles. The Hall–Kier alpha value is -1.33. The molecule has 0 aliphatic rings. The number of benzene rings is 1. The van der Waals surface area contributed by atoms with E-state index < -0.39 is 11.2 Å². The first kappa shape index (κ1) is 9.76. The van der Waals surface area contributed by atoms with Gasteiger partial charge in [-0.2, -0.15) is 5.26 Å². The van der Waals surface area contributed by atoms with Crippen LogP contribution < -0.4 is 0 Å². The second-order valence-corrected chi connectivity index (χ2v) is 3.00. The number of carbonyl (C=O) groups is 1. The van der Waals surface area contributed by atoms with E-state index in [-0.39, 0.29) is 6.42 Å². The third kappa shape index (κ3) is 2.57. The summed E-state index contributed by atoms with van der Waals surface area (Å²) in [6, 6.07) is 11.0. The lowest BCUT2D eigenvalue weighted by Gasteiger charge is -2.07. The summed E-state index contributed by atoms with van der Waals surface area (Å²) < 4.78 is 0. The van der Waals surface area contributed by atoms with Crippen molar-refractivity contribution in [3.8, 4) is 6.07 Å². The second-order valence-electron chi connectivity index (χ2n) is 2.63. The zero-order valence-corrected chi connectivity index (χ0v) is 7.66. The van der Waals surface area contributed by atoms with Crippen LogP contribution in [-0.4, -0.2) is 5.24 Å². The Kier molecular flexibility index (Phi) is 3.48. The molecule has 0 amide bonds. The molecule has 0 saturated heterocycles. The van der Waals surface area contributed by atoms with Gasteiger partial charge in [-0.1, -0.05) is 30.3 Å². The molecular weight excluding hydrogens is 186 g/mol. The van der Waals surface area contributed by atoms with Crippen molar-refractivity contribution in [1.29, 1.82) is 5.26 Å². The molecule has 0 N–H and O–H groups in total. The van der Waals surface area contributed by atoms with Gasteiger partial charge in [0.2, 0.25) is 5.24 Å². The zero-order chi connectivity index (χ0) is 9.68. The van der Waals surface area contributed by atoms with Gasteiger partial charge in [-0.15, -0.1) is 0 Å². The number of nitrogens with zero attached hydrogens (tertiary/aromatic N) is 1. The Morgan fingerprint density at radius 2 is 2.08 bits per heavy atom. The van der Waals surface area contributed by atoms with Gasteiger partial charge in [0.15, 0.2) is 0 Å². The molecule has 3 heteroatoms. The quantitative estimate of drug-likeness (QED) is 0.692. The summed E-state index contributed by atoms with van der Waals surface area (Å²) in [6.07, 6.45) is 0.131. The Bertz CT molecular complexity index is 329. The van der Waals surface area contributed by atoms with Gasteiger partial charge < -0.3 is 0 Å². The predicted octanol–water partition coefficient (Wildman–Crippen LogP) is 2.45. The average molecular weight is 194 g/mol. The van der Waals surface area contributed by atoms with E-state index in [1.165, 1.54) is 0 Å². The van der Waals surface area contributed by atoms with Crippen LogP contribution in [0.1, 0.15) is 17.9 Å². The molecule has 1 rings (SSSR count). The highest BCUT2D eigenvalue weighted by Crippen LogP contribution is 2.21. The molecule has 1 atom stereocenters. The lowest BCUT2D eigenvalue weighted by molar-refractivity contribution is -0.112. The minimum atomic E-state index is -0.493. The van der Waals surface area contributed by atoms with Gasteiger partial charge in [0.05, 0.1) is 18.4 Å². The number of nitriles is 1. The fourth-order valence-corrected chi connectivity index (χ4v) is 1.31. The maximum absolute atomic E-state index is 10.9. The van der Waals surface area contributed by atoms with Crippen molar-refractivity contribution in [3.05, 3.63) is 35.9 Å². The Morgan fingerprint density at radius 1 is 1.46 bits per heavy atom. The highest BCUT2D eigenvalue weighted by Gasteiger charge is 2.17. The molecular formula is C10H8ClNO. The molecule has 0 spiro atoms. The van der Waals surface area contributed by atoms with Crippen LogP contribution in [-0.2, 0) is 4.79 Å². The van der Waals surface area contributed by atoms with Gasteiger partial charge in [0.25, 0.3) is 0 Å². The molecule has 1 aromatic rings. The third-order valence-corrected chi connectivity index (χ3v) is 2.03. The number of carbonyl (C=O) groups excluding carboxylic acids is 1. The third-order valence-electron chi connectivity index (χ3n) is 1.77. The summed E-state index contributed by atoms with van der Waals surface area (Å²) in [5, 5.41) is 8.01. The summed E-state index contributed by atoms with van der Waals surface area (Å²) in [5.74, 6) is -0.493. The maximum atomic E-state index is 10.9. The van der Waals surface area contributed by atoms with E-state index >= 15 is 0 Å². The fraction of sp³-hybridized carbons (Fsp3) is 0.200. The van der Waals surface area contributed by atoms with Crippen molar-refractivity contribution in [1.82, 2.24) is 0 Å². The maximum Gasteiger partial charge on any atom is 0.230 e. The van der Waals surface area contributed by atoms with Gasteiger partial charge in [0, 0.05) is 0 Å². The van der Waals surface area contributed by atoms with E-state index in [4.69, 9.17) is 16.9 Å². The van der Waals surface area contributed by atoms with Gasteiger partial charge in [-0.05, 0) is 17.2 Å². The SMILES string of the molecule is N#CC[C@@H](C(=O)Cl)c1ccccc1. The first-order valence-corrected chi connectivity index (χ1v) is 4.24. The Labute approximate surface area is 81.7 Å². The summed E-state index contributed by atoms with van der Waals surface area (Å²) >= 11 is 5.37. The van der Waals surface area contributed by atoms with Crippen LogP contribution in [0.15, 0.2) is 30.3 Å². The van der Waals surface area contributed by atoms with Crippen LogP contribution in [0, 0.1) is 11.3 Å². The monoisotopic (exact) mass is 193 g/mol. The molecule has 1 aromatic carbocycles. The average Bonchev–Trinajstić information content (AvgIpc) is 2.15. The molecule has 66 valence electrons. The number of hydrogen-bond donors (Lipinski definition) is 0. The Balaban J connectivity index is 2.90.